The molecule has 3 rings (SSSR count). The van der Waals surface area contributed by atoms with Crippen molar-refractivity contribution in [3.8, 4) is 11.5 Å². The first-order valence-corrected chi connectivity index (χ1v) is 6.87. The third-order valence-electron chi connectivity index (χ3n) is 2.73. The molecule has 0 radical (unpaired) electrons. The molecule has 0 aliphatic rings. The predicted molar refractivity (Wildman–Crippen MR) is 82.2 cm³/mol. The van der Waals surface area contributed by atoms with E-state index in [-0.39, 0.29) is 5.75 Å². The van der Waals surface area contributed by atoms with Gasteiger partial charge in [-0.1, -0.05) is 0 Å². The number of nitrogens with zero attached hydrogens (tertiary/aromatic N) is 6. The van der Waals surface area contributed by atoms with Crippen molar-refractivity contribution in [2.24, 2.45) is 5.10 Å². The van der Waals surface area contributed by atoms with Gasteiger partial charge in [0.15, 0.2) is 23.0 Å². The number of fused-ring (bicyclic) bond motifs is 1. The number of benzene rings is 1. The number of anilines is 1. The molecule has 2 aromatic heterocycles. The van der Waals surface area contributed by atoms with E-state index in [1.807, 2.05) is 0 Å². The molecular formula is C12H10BrN7O2. The summed E-state index contributed by atoms with van der Waals surface area (Å²) in [6.07, 6.45) is 1.57. The Morgan fingerprint density at radius 1 is 1.41 bits per heavy atom. The molecule has 0 saturated heterocycles. The number of methoxy groups -OCH3 is 1. The highest BCUT2D eigenvalue weighted by molar-refractivity contribution is 9.10. The molecular weight excluding hydrogens is 354 g/mol. The van der Waals surface area contributed by atoms with Crippen LogP contribution < -0.4 is 10.2 Å². The van der Waals surface area contributed by atoms with Gasteiger partial charge < -0.3 is 9.84 Å². The number of phenolic OH excluding ortho intramolecular Hbond substituents is 1. The van der Waals surface area contributed by atoms with Crippen LogP contribution in [0, 0.1) is 0 Å². The Morgan fingerprint density at radius 3 is 3.09 bits per heavy atom. The maximum absolute atomic E-state index is 9.74. The van der Waals surface area contributed by atoms with Gasteiger partial charge in [0.2, 0.25) is 0 Å². The third kappa shape index (κ3) is 2.81. The lowest BCUT2D eigenvalue weighted by molar-refractivity contribution is 0.372. The first-order valence-electron chi connectivity index (χ1n) is 6.08. The highest BCUT2D eigenvalue weighted by Crippen LogP contribution is 2.34. The summed E-state index contributed by atoms with van der Waals surface area (Å²) in [5, 5.41) is 28.9. The van der Waals surface area contributed by atoms with Gasteiger partial charge in [-0.3, -0.25) is 5.43 Å². The first-order chi connectivity index (χ1) is 10.7. The standard InChI is InChI=1S/C12H10BrN7O2/c1-22-9-5-7(4-8(13)12(9)21)6-14-15-10-2-3-11-16-18-19-20(11)17-10/h2-6,21H,1H3,(H,15,17)/b14-6+. The number of ether oxygens (including phenoxy) is 1. The monoisotopic (exact) mass is 363 g/mol. The molecule has 0 saturated carbocycles. The van der Waals surface area contributed by atoms with Gasteiger partial charge in [0.1, 0.15) is 0 Å². The summed E-state index contributed by atoms with van der Waals surface area (Å²) in [5.41, 5.74) is 4.05. The number of halogens is 1. The van der Waals surface area contributed by atoms with E-state index in [9.17, 15) is 5.11 Å². The van der Waals surface area contributed by atoms with Crippen LogP contribution in [-0.2, 0) is 0 Å². The van der Waals surface area contributed by atoms with Gasteiger partial charge in [0.05, 0.1) is 17.8 Å². The number of tetrazole rings is 1. The lowest BCUT2D eigenvalue weighted by atomic mass is 10.2. The fraction of sp³-hybridized carbons (Fsp3) is 0.0833. The van der Waals surface area contributed by atoms with E-state index in [2.05, 4.69) is 47.1 Å². The predicted octanol–water partition coefficient (Wildman–Crippen LogP) is 1.44. The van der Waals surface area contributed by atoms with E-state index in [1.54, 1.807) is 30.5 Å². The number of hydrogen-bond acceptors (Lipinski definition) is 8. The van der Waals surface area contributed by atoms with Crippen LogP contribution in [0.1, 0.15) is 5.56 Å². The highest BCUT2D eigenvalue weighted by Gasteiger charge is 2.07. The molecule has 2 heterocycles. The maximum atomic E-state index is 9.74. The number of rotatable bonds is 4. The molecule has 0 amide bonds. The minimum absolute atomic E-state index is 0.0402. The average molecular weight is 364 g/mol. The number of hydrazone groups is 1. The van der Waals surface area contributed by atoms with Crippen molar-refractivity contribution < 1.29 is 9.84 Å². The minimum atomic E-state index is 0.0402. The molecule has 2 N–H and O–H groups in total. The fourth-order valence-corrected chi connectivity index (χ4v) is 2.17. The van der Waals surface area contributed by atoms with Gasteiger partial charge >= 0.3 is 0 Å². The van der Waals surface area contributed by atoms with E-state index in [0.29, 0.717) is 21.7 Å². The molecule has 3 aromatic rings. The molecule has 0 unspecified atom stereocenters. The number of aromatic hydroxyl groups is 1. The lowest BCUT2D eigenvalue weighted by Gasteiger charge is -2.06. The van der Waals surface area contributed by atoms with E-state index in [0.717, 1.165) is 5.56 Å². The summed E-state index contributed by atoms with van der Waals surface area (Å²) >= 11 is 3.25. The fourth-order valence-electron chi connectivity index (χ4n) is 1.71. The average Bonchev–Trinajstić information content (AvgIpc) is 2.98. The van der Waals surface area contributed by atoms with Crippen LogP contribution in [0.2, 0.25) is 0 Å². The quantitative estimate of drug-likeness (QED) is 0.532. The smallest absolute Gasteiger partial charge is 0.200 e. The van der Waals surface area contributed by atoms with Gasteiger partial charge in [0.25, 0.3) is 0 Å². The number of hydrogen-bond donors (Lipinski definition) is 2. The molecule has 0 aliphatic heterocycles. The van der Waals surface area contributed by atoms with Crippen LogP contribution in [0.15, 0.2) is 33.8 Å². The van der Waals surface area contributed by atoms with Crippen LogP contribution >= 0.6 is 15.9 Å². The van der Waals surface area contributed by atoms with Crippen LogP contribution in [0.25, 0.3) is 5.65 Å². The second kappa shape index (κ2) is 5.93. The molecule has 0 atom stereocenters. The zero-order valence-electron chi connectivity index (χ0n) is 11.3. The van der Waals surface area contributed by atoms with Crippen LogP contribution in [-0.4, -0.2) is 43.7 Å². The van der Waals surface area contributed by atoms with Gasteiger partial charge in [-0.2, -0.15) is 5.10 Å². The van der Waals surface area contributed by atoms with Crippen LogP contribution in [0.3, 0.4) is 0 Å². The number of nitrogens with one attached hydrogen (secondary N) is 1. The Hall–Kier alpha value is -2.75. The second-order valence-electron chi connectivity index (χ2n) is 4.17. The maximum Gasteiger partial charge on any atom is 0.200 e. The summed E-state index contributed by atoms with van der Waals surface area (Å²) in [6.45, 7) is 0. The number of phenols is 1. The summed E-state index contributed by atoms with van der Waals surface area (Å²) in [5.74, 6) is 0.878. The van der Waals surface area contributed by atoms with Crippen molar-refractivity contribution in [2.45, 2.75) is 0 Å². The van der Waals surface area contributed by atoms with Crippen molar-refractivity contribution in [1.82, 2.24) is 25.3 Å². The summed E-state index contributed by atoms with van der Waals surface area (Å²) in [4.78, 5) is 0. The van der Waals surface area contributed by atoms with Crippen molar-refractivity contribution in [1.29, 1.82) is 0 Å². The van der Waals surface area contributed by atoms with E-state index in [1.165, 1.54) is 11.7 Å². The van der Waals surface area contributed by atoms with Crippen LogP contribution in [0.4, 0.5) is 5.82 Å². The zero-order valence-corrected chi connectivity index (χ0v) is 12.9. The molecule has 0 bridgehead atoms. The topological polar surface area (TPSA) is 110 Å². The summed E-state index contributed by atoms with van der Waals surface area (Å²) in [6, 6.07) is 6.78. The molecule has 112 valence electrons. The van der Waals surface area contributed by atoms with Crippen molar-refractivity contribution in [3.05, 3.63) is 34.3 Å². The molecule has 0 spiro atoms. The van der Waals surface area contributed by atoms with Crippen molar-refractivity contribution >= 4 is 33.6 Å². The normalized spacial score (nSPS) is 11.2. The zero-order chi connectivity index (χ0) is 15.5. The third-order valence-corrected chi connectivity index (χ3v) is 3.34. The Morgan fingerprint density at radius 2 is 2.27 bits per heavy atom. The summed E-state index contributed by atoms with van der Waals surface area (Å²) in [7, 11) is 1.48. The van der Waals surface area contributed by atoms with Crippen molar-refractivity contribution in [2.75, 3.05) is 12.5 Å². The molecule has 1 aromatic carbocycles. The Kier molecular flexibility index (Phi) is 3.83. The summed E-state index contributed by atoms with van der Waals surface area (Å²) < 4.78 is 6.88. The van der Waals surface area contributed by atoms with Crippen LogP contribution in [0.5, 0.6) is 11.5 Å². The first kappa shape index (κ1) is 14.2. The molecule has 10 heteroatoms. The highest BCUT2D eigenvalue weighted by atomic mass is 79.9. The molecule has 0 aliphatic carbocycles. The van der Waals surface area contributed by atoms with E-state index >= 15 is 0 Å². The Bertz CT molecular complexity index is 849. The van der Waals surface area contributed by atoms with Gasteiger partial charge in [0, 0.05) is 0 Å². The Balaban J connectivity index is 1.78. The minimum Gasteiger partial charge on any atom is -0.503 e. The second-order valence-corrected chi connectivity index (χ2v) is 5.02. The molecule has 0 fully saturated rings. The lowest BCUT2D eigenvalue weighted by Crippen LogP contribution is -2.00. The van der Waals surface area contributed by atoms with E-state index < -0.39 is 0 Å². The number of aromatic nitrogens is 5. The largest absolute Gasteiger partial charge is 0.503 e. The molecule has 22 heavy (non-hydrogen) atoms. The molecule has 9 nitrogen and oxygen atoms in total. The Labute approximate surface area is 132 Å². The van der Waals surface area contributed by atoms with Gasteiger partial charge in [-0.15, -0.1) is 14.8 Å². The van der Waals surface area contributed by atoms with Gasteiger partial charge in [-0.05, 0) is 56.2 Å². The van der Waals surface area contributed by atoms with Gasteiger partial charge in [-0.25, -0.2) is 0 Å². The van der Waals surface area contributed by atoms with Crippen molar-refractivity contribution in [3.63, 3.8) is 0 Å². The van der Waals surface area contributed by atoms with E-state index in [4.69, 9.17) is 4.74 Å². The SMILES string of the molecule is COc1cc(/C=N/Nc2ccc3nnnn3n2)cc(Br)c1O.